The molecule has 0 amide bonds. The molecule has 0 aliphatic rings. The fourth-order valence-corrected chi connectivity index (χ4v) is 1.18. The van der Waals surface area contributed by atoms with Crippen molar-refractivity contribution in [2.75, 3.05) is 5.32 Å². The maximum atomic E-state index is 5.38. The third-order valence-electron chi connectivity index (χ3n) is 2.04. The molecule has 0 aromatic carbocycles. The van der Waals surface area contributed by atoms with E-state index in [1.807, 2.05) is 0 Å². The summed E-state index contributed by atoms with van der Waals surface area (Å²) in [5.74, 6) is 0.557. The van der Waals surface area contributed by atoms with Crippen LogP contribution in [0.15, 0.2) is 21.3 Å². The molecule has 0 atom stereocenters. The Labute approximate surface area is 98.6 Å². The van der Waals surface area contributed by atoms with Gasteiger partial charge in [0, 0.05) is 12.1 Å². The standard InChI is InChI=1S/C10H15N5O2/c1-7(2)11-6-9-13-14-10(17-9)12-5-8-3-4-16-15-8/h3-4,7,11H,5-6H2,1-2H3,(H,12,14). The zero-order valence-electron chi connectivity index (χ0n) is 9.80. The van der Waals surface area contributed by atoms with Gasteiger partial charge in [-0.05, 0) is 0 Å². The molecule has 92 valence electrons. The summed E-state index contributed by atoms with van der Waals surface area (Å²) in [5, 5.41) is 17.7. The van der Waals surface area contributed by atoms with Gasteiger partial charge < -0.3 is 19.6 Å². The smallest absolute Gasteiger partial charge is 0.315 e. The summed E-state index contributed by atoms with van der Waals surface area (Å²) in [7, 11) is 0. The summed E-state index contributed by atoms with van der Waals surface area (Å²) in [6.45, 7) is 5.17. The molecule has 2 aromatic rings. The average Bonchev–Trinajstić information content (AvgIpc) is 2.95. The minimum atomic E-state index is 0.383. The van der Waals surface area contributed by atoms with Crippen molar-refractivity contribution in [1.82, 2.24) is 20.7 Å². The van der Waals surface area contributed by atoms with Crippen LogP contribution in [0.5, 0.6) is 0 Å². The predicted octanol–water partition coefficient (Wildman–Crippen LogP) is 1.17. The third-order valence-corrected chi connectivity index (χ3v) is 2.04. The van der Waals surface area contributed by atoms with Crippen molar-refractivity contribution in [1.29, 1.82) is 0 Å². The third kappa shape index (κ3) is 3.56. The van der Waals surface area contributed by atoms with Gasteiger partial charge in [-0.25, -0.2) is 0 Å². The van der Waals surface area contributed by atoms with Crippen LogP contribution >= 0.6 is 0 Å². The van der Waals surface area contributed by atoms with Crippen LogP contribution in [0.25, 0.3) is 0 Å². The second-order valence-electron chi connectivity index (χ2n) is 3.88. The molecule has 2 N–H and O–H groups in total. The van der Waals surface area contributed by atoms with E-state index in [9.17, 15) is 0 Å². The van der Waals surface area contributed by atoms with Crippen LogP contribution in [-0.4, -0.2) is 21.4 Å². The fourth-order valence-electron chi connectivity index (χ4n) is 1.18. The van der Waals surface area contributed by atoms with Crippen molar-refractivity contribution in [2.45, 2.75) is 33.0 Å². The van der Waals surface area contributed by atoms with Gasteiger partial charge in [0.15, 0.2) is 0 Å². The van der Waals surface area contributed by atoms with Gasteiger partial charge in [0.05, 0.1) is 13.1 Å². The lowest BCUT2D eigenvalue weighted by Crippen LogP contribution is -2.21. The molecule has 0 radical (unpaired) electrons. The highest BCUT2D eigenvalue weighted by atomic mass is 16.5. The van der Waals surface area contributed by atoms with E-state index in [0.29, 0.717) is 31.0 Å². The van der Waals surface area contributed by atoms with Crippen molar-refractivity contribution >= 4 is 6.01 Å². The van der Waals surface area contributed by atoms with Gasteiger partial charge in [-0.2, -0.15) is 0 Å². The number of rotatable bonds is 6. The van der Waals surface area contributed by atoms with Gasteiger partial charge in [0.25, 0.3) is 0 Å². The van der Waals surface area contributed by atoms with Crippen LogP contribution in [0, 0.1) is 0 Å². The molecule has 0 aliphatic heterocycles. The first-order chi connectivity index (χ1) is 8.24. The number of nitrogens with zero attached hydrogens (tertiary/aromatic N) is 3. The molecule has 0 aliphatic carbocycles. The Balaban J connectivity index is 1.81. The SMILES string of the molecule is CC(C)NCc1nnc(NCc2ccon2)o1. The molecule has 0 fully saturated rings. The summed E-state index contributed by atoms with van der Waals surface area (Å²) in [5.41, 5.74) is 0.782. The molecular formula is C10H15N5O2. The first kappa shape index (κ1) is 11.6. The lowest BCUT2D eigenvalue weighted by molar-refractivity contribution is 0.412. The molecule has 0 spiro atoms. The number of anilines is 1. The maximum Gasteiger partial charge on any atom is 0.315 e. The van der Waals surface area contributed by atoms with E-state index < -0.39 is 0 Å². The van der Waals surface area contributed by atoms with Crippen molar-refractivity contribution in [2.24, 2.45) is 0 Å². The van der Waals surface area contributed by atoms with Gasteiger partial charge in [0.2, 0.25) is 5.89 Å². The molecule has 2 aromatic heterocycles. The van der Waals surface area contributed by atoms with E-state index in [4.69, 9.17) is 8.94 Å². The van der Waals surface area contributed by atoms with E-state index in [1.165, 1.54) is 6.26 Å². The number of hydrogen-bond donors (Lipinski definition) is 2. The van der Waals surface area contributed by atoms with E-state index in [1.54, 1.807) is 6.07 Å². The minimum Gasteiger partial charge on any atom is -0.407 e. The van der Waals surface area contributed by atoms with Crippen LogP contribution in [0.2, 0.25) is 0 Å². The Morgan fingerprint density at radius 1 is 1.29 bits per heavy atom. The molecule has 7 nitrogen and oxygen atoms in total. The van der Waals surface area contributed by atoms with Crippen molar-refractivity contribution in [3.8, 4) is 0 Å². The number of hydrogen-bond acceptors (Lipinski definition) is 7. The molecule has 0 unspecified atom stereocenters. The Bertz CT molecular complexity index is 437. The summed E-state index contributed by atoms with van der Waals surface area (Å²) >= 11 is 0. The molecule has 2 rings (SSSR count). The zero-order chi connectivity index (χ0) is 12.1. The second kappa shape index (κ2) is 5.44. The summed E-state index contributed by atoms with van der Waals surface area (Å²) in [6, 6.07) is 2.53. The second-order valence-corrected chi connectivity index (χ2v) is 3.88. The number of aromatic nitrogens is 3. The van der Waals surface area contributed by atoms with Crippen LogP contribution in [0.4, 0.5) is 6.01 Å². The summed E-state index contributed by atoms with van der Waals surface area (Å²) in [4.78, 5) is 0. The summed E-state index contributed by atoms with van der Waals surface area (Å²) in [6.07, 6.45) is 1.52. The van der Waals surface area contributed by atoms with Gasteiger partial charge in [0.1, 0.15) is 12.0 Å². The Kier molecular flexibility index (Phi) is 3.71. The summed E-state index contributed by atoms with van der Waals surface area (Å²) < 4.78 is 10.1. The van der Waals surface area contributed by atoms with Gasteiger partial charge >= 0.3 is 6.01 Å². The van der Waals surface area contributed by atoms with Crippen molar-refractivity contribution in [3.05, 3.63) is 23.9 Å². The molecule has 7 heteroatoms. The van der Waals surface area contributed by atoms with Crippen LogP contribution < -0.4 is 10.6 Å². The average molecular weight is 237 g/mol. The Morgan fingerprint density at radius 3 is 2.88 bits per heavy atom. The first-order valence-electron chi connectivity index (χ1n) is 5.43. The first-order valence-corrected chi connectivity index (χ1v) is 5.43. The van der Waals surface area contributed by atoms with E-state index in [-0.39, 0.29) is 0 Å². The van der Waals surface area contributed by atoms with Crippen LogP contribution in [0.1, 0.15) is 25.4 Å². The Morgan fingerprint density at radius 2 is 2.18 bits per heavy atom. The predicted molar refractivity (Wildman–Crippen MR) is 60.1 cm³/mol. The van der Waals surface area contributed by atoms with Gasteiger partial charge in [-0.1, -0.05) is 24.1 Å². The highest BCUT2D eigenvalue weighted by Crippen LogP contribution is 2.07. The lowest BCUT2D eigenvalue weighted by atomic mass is 10.4. The molecule has 0 bridgehead atoms. The van der Waals surface area contributed by atoms with Crippen molar-refractivity contribution < 1.29 is 8.94 Å². The highest BCUT2D eigenvalue weighted by molar-refractivity contribution is 5.18. The van der Waals surface area contributed by atoms with E-state index in [0.717, 1.165) is 5.69 Å². The van der Waals surface area contributed by atoms with Crippen LogP contribution in [0.3, 0.4) is 0 Å². The number of nitrogens with one attached hydrogen (secondary N) is 2. The van der Waals surface area contributed by atoms with Gasteiger partial charge in [-0.15, -0.1) is 5.10 Å². The molecule has 2 heterocycles. The van der Waals surface area contributed by atoms with E-state index in [2.05, 4.69) is 39.8 Å². The normalized spacial score (nSPS) is 11.0. The maximum absolute atomic E-state index is 5.38. The molecular weight excluding hydrogens is 222 g/mol. The highest BCUT2D eigenvalue weighted by Gasteiger charge is 2.06. The quantitative estimate of drug-likeness (QED) is 0.779. The van der Waals surface area contributed by atoms with Gasteiger partial charge in [-0.3, -0.25) is 0 Å². The van der Waals surface area contributed by atoms with Crippen molar-refractivity contribution in [3.63, 3.8) is 0 Å². The largest absolute Gasteiger partial charge is 0.407 e. The molecule has 0 saturated heterocycles. The zero-order valence-corrected chi connectivity index (χ0v) is 9.80. The monoisotopic (exact) mass is 237 g/mol. The molecule has 0 saturated carbocycles. The lowest BCUT2D eigenvalue weighted by Gasteiger charge is -2.03. The Hall–Kier alpha value is -1.89. The fraction of sp³-hybridized carbons (Fsp3) is 0.500. The van der Waals surface area contributed by atoms with E-state index >= 15 is 0 Å². The van der Waals surface area contributed by atoms with Crippen LogP contribution in [-0.2, 0) is 13.1 Å². The topological polar surface area (TPSA) is 89.0 Å². The molecule has 17 heavy (non-hydrogen) atoms. The minimum absolute atomic E-state index is 0.383.